The van der Waals surface area contributed by atoms with Crippen molar-refractivity contribution < 1.29 is 58.3 Å². The van der Waals surface area contributed by atoms with E-state index in [2.05, 4.69) is 22.7 Å². The van der Waals surface area contributed by atoms with Gasteiger partial charge in [0.05, 0.1) is 22.9 Å². The fourth-order valence-corrected chi connectivity index (χ4v) is 8.83. The molecule has 4 aliphatic rings. The topological polar surface area (TPSA) is 321 Å². The van der Waals surface area contributed by atoms with Crippen LogP contribution in [0.4, 0.5) is 22.7 Å². The number of amides is 3. The minimum Gasteiger partial charge on any atom is -0.545 e. The van der Waals surface area contributed by atoms with Crippen LogP contribution in [0, 0.1) is 17.7 Å². The molecule has 3 aliphatic heterocycles. The number of nitrogen functional groups attached to an aromatic ring is 1. The van der Waals surface area contributed by atoms with Crippen LogP contribution in [0.15, 0.2) is 180 Å². The summed E-state index contributed by atoms with van der Waals surface area (Å²) in [7, 11) is 0. The standard InChI is InChI=1S/C24H18N2O5.C22H16N2O4.C8H8O2.C6H7N.4C2H6.CH3N.H2O/c1-13(27)25-15-7-9-19-21(11-15)30-22-12-16(26-14(2)28)8-10-20(22)24(19)18-6-4-3-5-17(18)23(29)31-24;1-12(25)24-14-7-9-18-20(11-14)28-19-10-13(23)6-8-17(19)21(18)15-4-2-3-5-16(15)22(26)27;1-6-4-2-3-5-7(6)8(9)10;7-6-4-2-1-3-5-6;5*1-2;/h3-12H,1-2H3,(H,25,27)(H,26,28);2-11,23H,1H3,(H,24,25)(H,26,27);2-5H,1H3,(H,9,10);1-5H,7H2;4*1-2H3;2H,1H2;1H2/p-2. The Morgan fingerprint density at radius 2 is 0.966 bits per heavy atom. The van der Waals surface area contributed by atoms with Gasteiger partial charge in [-0.3, -0.25) is 14.4 Å². The van der Waals surface area contributed by atoms with E-state index in [1.54, 1.807) is 128 Å². The summed E-state index contributed by atoms with van der Waals surface area (Å²) in [6.45, 7) is 24.5. The first kappa shape index (κ1) is 72.4. The lowest BCUT2D eigenvalue weighted by atomic mass is 9.77. The SMILES string of the molecule is C=N.CC.CC.CC.CC.CC(=O)Nc1ccc2c(-c3ccccc3C(=O)[O-])c3ccc(=N)cc-3oc2c1.CC(=O)Nc1ccc2c(c1)Oc1cc(NC(C)=O)ccc1C21OC(=O)c2ccccc21.Cc1ccccc1C(=O)[O-].Nc1ccccc1.O. The normalized spacial score (nSPS) is 10.8. The highest BCUT2D eigenvalue weighted by Crippen LogP contribution is 2.57. The lowest BCUT2D eigenvalue weighted by molar-refractivity contribution is -0.256. The van der Waals surface area contributed by atoms with Crippen LogP contribution < -0.4 is 42.0 Å². The predicted molar refractivity (Wildman–Crippen MR) is 341 cm³/mol. The average Bonchev–Trinajstić information content (AvgIpc) is 1.66. The third-order valence-corrected chi connectivity index (χ3v) is 12.0. The molecule has 1 spiro atoms. The van der Waals surface area contributed by atoms with Crippen LogP contribution in [0.3, 0.4) is 0 Å². The van der Waals surface area contributed by atoms with E-state index in [1.807, 2.05) is 97.9 Å². The van der Waals surface area contributed by atoms with Crippen molar-refractivity contribution in [2.75, 3.05) is 21.7 Å². The van der Waals surface area contributed by atoms with Gasteiger partial charge in [-0.2, -0.15) is 0 Å². The number of rotatable bonds is 6. The molecule has 456 valence electrons. The van der Waals surface area contributed by atoms with Crippen LogP contribution in [0.5, 0.6) is 11.5 Å². The quantitative estimate of drug-likeness (QED) is 0.0392. The molecular formula is C69H76N6O12-2. The molecule has 0 bridgehead atoms. The minimum atomic E-state index is -1.27. The van der Waals surface area contributed by atoms with E-state index >= 15 is 0 Å². The summed E-state index contributed by atoms with van der Waals surface area (Å²) in [6, 6.07) is 50.7. The Labute approximate surface area is 507 Å². The molecule has 18 nitrogen and oxygen atoms in total. The Bertz CT molecular complexity index is 3740. The molecule has 9 N–H and O–H groups in total. The van der Waals surface area contributed by atoms with Crippen LogP contribution in [-0.4, -0.2) is 47.8 Å². The van der Waals surface area contributed by atoms with Crippen molar-refractivity contribution in [3.63, 3.8) is 0 Å². The van der Waals surface area contributed by atoms with Gasteiger partial charge >= 0.3 is 5.97 Å². The lowest BCUT2D eigenvalue weighted by Gasteiger charge is -2.36. The molecule has 0 unspecified atom stereocenters. The second kappa shape index (κ2) is 35.4. The number of hydrogen-bond donors (Lipinski definition) is 6. The van der Waals surface area contributed by atoms with Gasteiger partial charge in [0.2, 0.25) is 17.7 Å². The van der Waals surface area contributed by atoms with E-state index < -0.39 is 23.5 Å². The van der Waals surface area contributed by atoms with Gasteiger partial charge in [-0.1, -0.05) is 140 Å². The van der Waals surface area contributed by atoms with Crippen molar-refractivity contribution in [1.82, 2.24) is 0 Å². The first-order chi connectivity index (χ1) is 41.4. The van der Waals surface area contributed by atoms with Crippen LogP contribution in [0.2, 0.25) is 0 Å². The smallest absolute Gasteiger partial charge is 0.340 e. The molecule has 0 aromatic heterocycles. The number of aryl methyl sites for hydroxylation is 1. The Morgan fingerprint density at radius 3 is 1.44 bits per heavy atom. The van der Waals surface area contributed by atoms with Crippen LogP contribution in [0.1, 0.15) is 129 Å². The average molecular weight is 1180 g/mol. The summed E-state index contributed by atoms with van der Waals surface area (Å²) >= 11 is 0. The van der Waals surface area contributed by atoms with Gasteiger partial charge in [0.25, 0.3) is 0 Å². The van der Waals surface area contributed by atoms with Gasteiger partial charge in [0.1, 0.15) is 22.8 Å². The highest BCUT2D eigenvalue weighted by molar-refractivity contribution is 6.08. The van der Waals surface area contributed by atoms with Crippen molar-refractivity contribution in [2.45, 2.75) is 88.7 Å². The number of para-hydroxylation sites is 1. The maximum absolute atomic E-state index is 12.8. The van der Waals surface area contributed by atoms with E-state index in [9.17, 15) is 39.0 Å². The van der Waals surface area contributed by atoms with Crippen molar-refractivity contribution in [1.29, 1.82) is 10.8 Å². The minimum absolute atomic E-state index is 0. The van der Waals surface area contributed by atoms with Gasteiger partial charge in [0, 0.05) is 112 Å². The number of aromatic carboxylic acids is 2. The Hall–Kier alpha value is -10.7. The van der Waals surface area contributed by atoms with Crippen molar-refractivity contribution in [2.24, 2.45) is 0 Å². The number of benzene rings is 8. The van der Waals surface area contributed by atoms with E-state index in [0.717, 1.165) is 11.3 Å². The number of nitrogens with one attached hydrogen (secondary N) is 5. The number of anilines is 4. The zero-order chi connectivity index (χ0) is 64.3. The summed E-state index contributed by atoms with van der Waals surface area (Å²) in [6.07, 6.45) is 0. The number of carboxylic acid groups (broad SMARTS) is 2. The maximum atomic E-state index is 12.8. The maximum Gasteiger partial charge on any atom is 0.340 e. The summed E-state index contributed by atoms with van der Waals surface area (Å²) in [5.74, 6) is -2.10. The number of esters is 1. The molecule has 7 aromatic rings. The Kier molecular flexibility index (Phi) is 29.5. The number of ether oxygens (including phenoxy) is 2. The van der Waals surface area contributed by atoms with Gasteiger partial charge < -0.3 is 71.7 Å². The molecule has 0 saturated carbocycles. The molecule has 3 heterocycles. The zero-order valence-electron chi connectivity index (χ0n) is 51.0. The molecule has 7 aromatic carbocycles. The van der Waals surface area contributed by atoms with Gasteiger partial charge in [-0.05, 0) is 91.5 Å². The predicted octanol–water partition coefficient (Wildman–Crippen LogP) is 12.4. The van der Waals surface area contributed by atoms with Gasteiger partial charge in [-0.25, -0.2) is 4.79 Å². The van der Waals surface area contributed by atoms with Crippen LogP contribution in [-0.2, 0) is 24.7 Å². The third-order valence-electron chi connectivity index (χ3n) is 12.0. The molecule has 0 fully saturated rings. The molecule has 87 heavy (non-hydrogen) atoms. The van der Waals surface area contributed by atoms with Crippen molar-refractivity contribution in [3.05, 3.63) is 220 Å². The molecule has 0 atom stereocenters. The molecule has 1 aliphatic carbocycles. The van der Waals surface area contributed by atoms with E-state index in [-0.39, 0.29) is 39.7 Å². The molecule has 3 amide bonds. The first-order valence-corrected chi connectivity index (χ1v) is 27.8. The molecule has 0 saturated heterocycles. The van der Waals surface area contributed by atoms with Crippen molar-refractivity contribution in [3.8, 4) is 33.9 Å². The summed E-state index contributed by atoms with van der Waals surface area (Å²) in [4.78, 5) is 69.2. The number of fused-ring (bicyclic) bond motifs is 8. The molecular weight excluding hydrogens is 1100 g/mol. The second-order valence-electron chi connectivity index (χ2n) is 17.4. The second-order valence-corrected chi connectivity index (χ2v) is 17.4. The summed E-state index contributed by atoms with van der Waals surface area (Å²) in [5.41, 5.74) is 12.6. The largest absolute Gasteiger partial charge is 0.545 e. The third kappa shape index (κ3) is 18.1. The van der Waals surface area contributed by atoms with E-state index in [0.29, 0.717) is 84.2 Å². The van der Waals surface area contributed by atoms with E-state index in [4.69, 9.17) is 30.4 Å². The number of nitrogens with two attached hydrogens (primary N) is 1. The molecule has 18 heteroatoms. The summed E-state index contributed by atoms with van der Waals surface area (Å²) in [5, 5.41) is 44.5. The fourth-order valence-electron chi connectivity index (χ4n) is 8.83. The Balaban J connectivity index is 0.000000418. The van der Waals surface area contributed by atoms with Crippen LogP contribution >= 0.6 is 0 Å². The highest BCUT2D eigenvalue weighted by Gasteiger charge is 2.53. The first-order valence-electron chi connectivity index (χ1n) is 27.8. The molecule has 11 rings (SSSR count). The number of carbonyl (C=O) groups excluding carboxylic acids is 6. The molecule has 0 radical (unpaired) electrons. The van der Waals surface area contributed by atoms with Gasteiger partial charge in [-0.15, -0.1) is 0 Å². The number of hydrogen-bond acceptors (Lipinski definition) is 14. The number of carbonyl (C=O) groups is 6. The highest BCUT2D eigenvalue weighted by atomic mass is 16.6. The van der Waals surface area contributed by atoms with Crippen molar-refractivity contribution >= 4 is 76.1 Å². The van der Waals surface area contributed by atoms with Gasteiger partial charge in [0.15, 0.2) is 5.60 Å². The zero-order valence-corrected chi connectivity index (χ0v) is 51.0. The lowest BCUT2D eigenvalue weighted by Crippen LogP contribution is -2.33. The van der Waals surface area contributed by atoms with E-state index in [1.165, 1.54) is 32.9 Å². The number of carboxylic acids is 2. The summed E-state index contributed by atoms with van der Waals surface area (Å²) < 4.78 is 18.2. The monoisotopic (exact) mass is 1180 g/mol. The fraction of sp³-hybridized carbons (Fsp3) is 0.188. The van der Waals surface area contributed by atoms with Crippen LogP contribution in [0.25, 0.3) is 33.4 Å². The Morgan fingerprint density at radius 1 is 0.517 bits per heavy atom.